The molecule has 1 aromatic heterocycles. The topological polar surface area (TPSA) is 38.1 Å². The molecule has 0 aliphatic carbocycles. The molecule has 2 heterocycles. The maximum Gasteiger partial charge on any atom is 0.180 e. The van der Waals surface area contributed by atoms with Crippen LogP contribution in [-0.2, 0) is 13.1 Å². The lowest BCUT2D eigenvalue weighted by Crippen LogP contribution is -2.36. The van der Waals surface area contributed by atoms with Crippen molar-refractivity contribution in [3.63, 3.8) is 0 Å². The van der Waals surface area contributed by atoms with E-state index in [-0.39, 0.29) is 5.78 Å². The Morgan fingerprint density at radius 1 is 1.23 bits per heavy atom. The molecule has 3 rings (SSSR count). The summed E-state index contributed by atoms with van der Waals surface area (Å²) in [5, 5.41) is 0. The number of rotatable bonds is 4. The summed E-state index contributed by atoms with van der Waals surface area (Å²) >= 11 is 0. The molecule has 0 radical (unpaired) electrons. The molecule has 4 heteroatoms. The molecule has 0 spiro atoms. The fourth-order valence-corrected chi connectivity index (χ4v) is 3.18. The fourth-order valence-electron chi connectivity index (χ4n) is 3.18. The predicted octanol–water partition coefficient (Wildman–Crippen LogP) is 3.22. The first-order valence-electron chi connectivity index (χ1n) is 7.94. The van der Waals surface area contributed by atoms with E-state index >= 15 is 0 Å². The second-order valence-electron chi connectivity index (χ2n) is 6.43. The minimum atomic E-state index is 0.0531. The standard InChI is InChI=1S/C18H23N3O/c1-13(2)11-20-9-10-21-16(12-20)17(14(3)22)19-18(21)15-7-5-4-6-8-15/h4-8,13H,9-12H2,1-3H3. The van der Waals surface area contributed by atoms with Crippen molar-refractivity contribution in [2.45, 2.75) is 33.9 Å². The zero-order chi connectivity index (χ0) is 15.7. The van der Waals surface area contributed by atoms with Gasteiger partial charge >= 0.3 is 0 Å². The minimum absolute atomic E-state index is 0.0531. The molecule has 0 unspecified atom stereocenters. The number of benzene rings is 1. The van der Waals surface area contributed by atoms with Crippen LogP contribution in [-0.4, -0.2) is 33.3 Å². The lowest BCUT2D eigenvalue weighted by Gasteiger charge is -2.30. The molecule has 0 atom stereocenters. The highest BCUT2D eigenvalue weighted by molar-refractivity contribution is 5.94. The third kappa shape index (κ3) is 2.83. The van der Waals surface area contributed by atoms with Crippen LogP contribution >= 0.6 is 0 Å². The number of aromatic nitrogens is 2. The Kier molecular flexibility index (Phi) is 4.12. The zero-order valence-electron chi connectivity index (χ0n) is 13.5. The van der Waals surface area contributed by atoms with Gasteiger partial charge in [0.15, 0.2) is 5.78 Å². The second kappa shape index (κ2) is 6.05. The van der Waals surface area contributed by atoms with Crippen molar-refractivity contribution >= 4 is 5.78 Å². The van der Waals surface area contributed by atoms with Crippen LogP contribution in [0, 0.1) is 5.92 Å². The molecule has 0 bridgehead atoms. The molecule has 1 aliphatic heterocycles. The highest BCUT2D eigenvalue weighted by Crippen LogP contribution is 2.27. The van der Waals surface area contributed by atoms with Crippen LogP contribution in [0.15, 0.2) is 30.3 Å². The Morgan fingerprint density at radius 2 is 1.95 bits per heavy atom. The van der Waals surface area contributed by atoms with Crippen molar-refractivity contribution in [3.8, 4) is 11.4 Å². The van der Waals surface area contributed by atoms with Crippen LogP contribution in [0.4, 0.5) is 0 Å². The Balaban J connectivity index is 2.01. The van der Waals surface area contributed by atoms with Crippen molar-refractivity contribution in [2.75, 3.05) is 13.1 Å². The van der Waals surface area contributed by atoms with E-state index in [2.05, 4.69) is 40.4 Å². The Hall–Kier alpha value is -1.94. The van der Waals surface area contributed by atoms with Gasteiger partial charge in [-0.3, -0.25) is 9.69 Å². The lowest BCUT2D eigenvalue weighted by molar-refractivity contribution is 0.100. The first kappa shape index (κ1) is 15.0. The van der Waals surface area contributed by atoms with Gasteiger partial charge in [-0.1, -0.05) is 44.2 Å². The van der Waals surface area contributed by atoms with E-state index in [0.29, 0.717) is 11.6 Å². The van der Waals surface area contributed by atoms with Crippen molar-refractivity contribution in [1.82, 2.24) is 14.5 Å². The van der Waals surface area contributed by atoms with Crippen molar-refractivity contribution < 1.29 is 4.79 Å². The average Bonchev–Trinajstić information content (AvgIpc) is 2.86. The highest BCUT2D eigenvalue weighted by atomic mass is 16.1. The number of imidazole rings is 1. The second-order valence-corrected chi connectivity index (χ2v) is 6.43. The number of fused-ring (bicyclic) bond motifs is 1. The van der Waals surface area contributed by atoms with Crippen molar-refractivity contribution in [2.24, 2.45) is 5.92 Å². The van der Waals surface area contributed by atoms with Gasteiger partial charge in [0.2, 0.25) is 0 Å². The summed E-state index contributed by atoms with van der Waals surface area (Å²) in [4.78, 5) is 19.1. The smallest absolute Gasteiger partial charge is 0.180 e. The van der Waals surface area contributed by atoms with E-state index in [1.807, 2.05) is 18.2 Å². The van der Waals surface area contributed by atoms with Crippen LogP contribution in [0.1, 0.15) is 37.0 Å². The van der Waals surface area contributed by atoms with Gasteiger partial charge in [-0.15, -0.1) is 0 Å². The number of ketones is 1. The molecule has 2 aromatic rings. The molecule has 116 valence electrons. The van der Waals surface area contributed by atoms with Gasteiger partial charge in [0.1, 0.15) is 11.5 Å². The Morgan fingerprint density at radius 3 is 2.59 bits per heavy atom. The SMILES string of the molecule is CC(=O)c1nc(-c2ccccc2)n2c1CN(CC(C)C)CC2. The summed E-state index contributed by atoms with van der Waals surface area (Å²) in [7, 11) is 0. The highest BCUT2D eigenvalue weighted by Gasteiger charge is 2.26. The van der Waals surface area contributed by atoms with Gasteiger partial charge in [-0.05, 0) is 5.92 Å². The van der Waals surface area contributed by atoms with Crippen LogP contribution in [0.25, 0.3) is 11.4 Å². The monoisotopic (exact) mass is 297 g/mol. The van der Waals surface area contributed by atoms with E-state index in [9.17, 15) is 4.79 Å². The van der Waals surface area contributed by atoms with E-state index < -0.39 is 0 Å². The largest absolute Gasteiger partial charge is 0.325 e. The summed E-state index contributed by atoms with van der Waals surface area (Å²) in [6.45, 7) is 9.85. The van der Waals surface area contributed by atoms with Crippen LogP contribution in [0.3, 0.4) is 0 Å². The third-order valence-corrected chi connectivity index (χ3v) is 4.07. The Bertz CT molecular complexity index is 673. The maximum atomic E-state index is 12.0. The van der Waals surface area contributed by atoms with Gasteiger partial charge in [-0.25, -0.2) is 4.98 Å². The molecule has 0 saturated carbocycles. The van der Waals surface area contributed by atoms with Gasteiger partial charge < -0.3 is 4.57 Å². The van der Waals surface area contributed by atoms with E-state index in [0.717, 1.165) is 43.3 Å². The molecular weight excluding hydrogens is 274 g/mol. The summed E-state index contributed by atoms with van der Waals surface area (Å²) < 4.78 is 2.23. The summed E-state index contributed by atoms with van der Waals surface area (Å²) in [6.07, 6.45) is 0. The zero-order valence-corrected chi connectivity index (χ0v) is 13.5. The van der Waals surface area contributed by atoms with Crippen molar-refractivity contribution in [3.05, 3.63) is 41.7 Å². The molecule has 22 heavy (non-hydrogen) atoms. The summed E-state index contributed by atoms with van der Waals surface area (Å²) in [6, 6.07) is 10.1. The van der Waals surface area contributed by atoms with Gasteiger partial charge in [0.25, 0.3) is 0 Å². The molecule has 4 nitrogen and oxygen atoms in total. The first-order chi connectivity index (χ1) is 10.6. The van der Waals surface area contributed by atoms with Gasteiger partial charge in [-0.2, -0.15) is 0 Å². The quantitative estimate of drug-likeness (QED) is 0.813. The number of nitrogens with zero attached hydrogens (tertiary/aromatic N) is 3. The number of carbonyl (C=O) groups excluding carboxylic acids is 1. The summed E-state index contributed by atoms with van der Waals surface area (Å²) in [5.41, 5.74) is 2.78. The molecule has 0 fully saturated rings. The minimum Gasteiger partial charge on any atom is -0.325 e. The van der Waals surface area contributed by atoms with E-state index in [1.165, 1.54) is 0 Å². The molecule has 0 N–H and O–H groups in total. The number of carbonyl (C=O) groups is 1. The van der Waals surface area contributed by atoms with Crippen molar-refractivity contribution in [1.29, 1.82) is 0 Å². The fraction of sp³-hybridized carbons (Fsp3) is 0.444. The normalized spacial score (nSPS) is 15.1. The first-order valence-corrected chi connectivity index (χ1v) is 7.94. The molecule has 1 aromatic carbocycles. The molecular formula is C18H23N3O. The van der Waals surface area contributed by atoms with Gasteiger partial charge in [0, 0.05) is 38.7 Å². The maximum absolute atomic E-state index is 12.0. The molecule has 0 amide bonds. The predicted molar refractivity (Wildman–Crippen MR) is 87.8 cm³/mol. The van der Waals surface area contributed by atoms with Crippen LogP contribution < -0.4 is 0 Å². The number of Topliss-reactive ketones (excluding diaryl/α,β-unsaturated/α-hetero) is 1. The molecule has 0 saturated heterocycles. The van der Waals surface area contributed by atoms with Gasteiger partial charge in [0.05, 0.1) is 5.69 Å². The molecule has 1 aliphatic rings. The lowest BCUT2D eigenvalue weighted by atomic mass is 10.1. The average molecular weight is 297 g/mol. The number of hydrogen-bond donors (Lipinski definition) is 0. The Labute approximate surface area is 131 Å². The van der Waals surface area contributed by atoms with E-state index in [4.69, 9.17) is 0 Å². The van der Waals surface area contributed by atoms with E-state index in [1.54, 1.807) is 6.92 Å². The van der Waals surface area contributed by atoms with Crippen LogP contribution in [0.5, 0.6) is 0 Å². The third-order valence-electron chi connectivity index (χ3n) is 4.07. The van der Waals surface area contributed by atoms with Crippen LogP contribution in [0.2, 0.25) is 0 Å². The summed E-state index contributed by atoms with van der Waals surface area (Å²) in [5.74, 6) is 1.60. The number of hydrogen-bond acceptors (Lipinski definition) is 3.